The number of rotatable bonds is 1. The summed E-state index contributed by atoms with van der Waals surface area (Å²) >= 11 is 5.00. The van der Waals surface area contributed by atoms with Gasteiger partial charge in [0.05, 0.1) is 10.4 Å². The van der Waals surface area contributed by atoms with Crippen molar-refractivity contribution in [2.75, 3.05) is 0 Å². The highest BCUT2D eigenvalue weighted by atomic mass is 79.9. The summed E-state index contributed by atoms with van der Waals surface area (Å²) in [5.74, 6) is 1.29. The van der Waals surface area contributed by atoms with Crippen molar-refractivity contribution in [1.82, 2.24) is 4.98 Å². The van der Waals surface area contributed by atoms with Crippen LogP contribution in [-0.2, 0) is 5.60 Å². The van der Waals surface area contributed by atoms with Gasteiger partial charge in [0.1, 0.15) is 10.2 Å². The van der Waals surface area contributed by atoms with Gasteiger partial charge in [-0.2, -0.15) is 0 Å². The standard InChI is InChI=1S/C10H12BrNOS/c11-9-8(14-5-12-9)10(13)3-1-2-6-4-7(6)10/h5-7,13H,1-4H2. The van der Waals surface area contributed by atoms with E-state index in [1.165, 1.54) is 12.8 Å². The van der Waals surface area contributed by atoms with Gasteiger partial charge < -0.3 is 5.11 Å². The molecule has 0 bridgehead atoms. The summed E-state index contributed by atoms with van der Waals surface area (Å²) in [6.07, 6.45) is 4.58. The predicted molar refractivity (Wildman–Crippen MR) is 59.2 cm³/mol. The number of hydrogen-bond acceptors (Lipinski definition) is 3. The van der Waals surface area contributed by atoms with Crippen LogP contribution in [0.4, 0.5) is 0 Å². The van der Waals surface area contributed by atoms with Crippen molar-refractivity contribution >= 4 is 27.3 Å². The number of halogens is 1. The van der Waals surface area contributed by atoms with Crippen LogP contribution < -0.4 is 0 Å². The third-order valence-electron chi connectivity index (χ3n) is 3.59. The van der Waals surface area contributed by atoms with Crippen molar-refractivity contribution < 1.29 is 5.11 Å². The smallest absolute Gasteiger partial charge is 0.123 e. The number of nitrogens with zero attached hydrogens (tertiary/aromatic N) is 1. The van der Waals surface area contributed by atoms with E-state index in [1.807, 2.05) is 5.51 Å². The fourth-order valence-corrected chi connectivity index (χ4v) is 4.50. The number of thiazole rings is 1. The van der Waals surface area contributed by atoms with Gasteiger partial charge in [-0.3, -0.25) is 0 Å². The molecule has 3 atom stereocenters. The second-order valence-corrected chi connectivity index (χ2v) is 6.00. The summed E-state index contributed by atoms with van der Waals surface area (Å²) in [6.45, 7) is 0. The van der Waals surface area contributed by atoms with Crippen molar-refractivity contribution in [1.29, 1.82) is 0 Å². The quantitative estimate of drug-likeness (QED) is 0.854. The van der Waals surface area contributed by atoms with Crippen LogP contribution in [0.3, 0.4) is 0 Å². The molecular formula is C10H12BrNOS. The minimum absolute atomic E-state index is 0.507. The highest BCUT2D eigenvalue weighted by molar-refractivity contribution is 9.10. The molecule has 0 amide bonds. The van der Waals surface area contributed by atoms with E-state index >= 15 is 0 Å². The topological polar surface area (TPSA) is 33.1 Å². The van der Waals surface area contributed by atoms with Crippen LogP contribution >= 0.6 is 27.3 Å². The van der Waals surface area contributed by atoms with E-state index in [2.05, 4.69) is 20.9 Å². The fourth-order valence-electron chi connectivity index (χ4n) is 2.77. The highest BCUT2D eigenvalue weighted by Gasteiger charge is 2.56. The molecule has 0 radical (unpaired) electrons. The zero-order chi connectivity index (χ0) is 9.76. The van der Waals surface area contributed by atoms with E-state index in [9.17, 15) is 5.11 Å². The Kier molecular flexibility index (Phi) is 2.01. The molecule has 0 saturated heterocycles. The lowest BCUT2D eigenvalue weighted by molar-refractivity contribution is -0.0134. The fraction of sp³-hybridized carbons (Fsp3) is 0.700. The Morgan fingerprint density at radius 1 is 1.64 bits per heavy atom. The third kappa shape index (κ3) is 1.20. The van der Waals surface area contributed by atoms with Gasteiger partial charge >= 0.3 is 0 Å². The molecular weight excluding hydrogens is 262 g/mol. The van der Waals surface area contributed by atoms with E-state index in [0.717, 1.165) is 28.2 Å². The van der Waals surface area contributed by atoms with Gasteiger partial charge in [-0.1, -0.05) is 0 Å². The minimum atomic E-state index is -0.567. The zero-order valence-corrected chi connectivity index (χ0v) is 10.1. The molecule has 1 N–H and O–H groups in total. The van der Waals surface area contributed by atoms with Crippen LogP contribution in [0, 0.1) is 11.8 Å². The molecule has 2 saturated carbocycles. The number of aliphatic hydroxyl groups is 1. The summed E-state index contributed by atoms with van der Waals surface area (Å²) in [6, 6.07) is 0. The average molecular weight is 274 g/mol. The largest absolute Gasteiger partial charge is 0.384 e. The molecule has 1 aromatic rings. The van der Waals surface area contributed by atoms with Gasteiger partial charge in [-0.25, -0.2) is 4.98 Å². The molecule has 76 valence electrons. The molecule has 14 heavy (non-hydrogen) atoms. The Morgan fingerprint density at radius 3 is 3.21 bits per heavy atom. The molecule has 2 aliphatic carbocycles. The van der Waals surface area contributed by atoms with Crippen LogP contribution in [-0.4, -0.2) is 10.1 Å². The first-order valence-electron chi connectivity index (χ1n) is 5.03. The number of aromatic nitrogens is 1. The zero-order valence-electron chi connectivity index (χ0n) is 7.74. The highest BCUT2D eigenvalue weighted by Crippen LogP contribution is 2.60. The van der Waals surface area contributed by atoms with Crippen LogP contribution in [0.25, 0.3) is 0 Å². The monoisotopic (exact) mass is 273 g/mol. The second-order valence-electron chi connectivity index (χ2n) is 4.39. The lowest BCUT2D eigenvalue weighted by Crippen LogP contribution is -2.31. The van der Waals surface area contributed by atoms with E-state index in [0.29, 0.717) is 5.92 Å². The van der Waals surface area contributed by atoms with E-state index < -0.39 is 5.60 Å². The van der Waals surface area contributed by atoms with Crippen molar-refractivity contribution in [2.24, 2.45) is 11.8 Å². The molecule has 2 fully saturated rings. The van der Waals surface area contributed by atoms with Crippen LogP contribution in [0.15, 0.2) is 10.1 Å². The number of fused-ring (bicyclic) bond motifs is 1. The Bertz CT molecular complexity index is 367. The summed E-state index contributed by atoms with van der Waals surface area (Å²) in [5.41, 5.74) is 1.24. The van der Waals surface area contributed by atoms with Gasteiger partial charge in [0.15, 0.2) is 0 Å². The molecule has 4 heteroatoms. The first-order valence-corrected chi connectivity index (χ1v) is 6.71. The first kappa shape index (κ1) is 9.31. The first-order chi connectivity index (χ1) is 6.72. The van der Waals surface area contributed by atoms with Crippen LogP contribution in [0.1, 0.15) is 30.6 Å². The van der Waals surface area contributed by atoms with Gasteiger partial charge in [0.25, 0.3) is 0 Å². The van der Waals surface area contributed by atoms with Crippen molar-refractivity contribution in [3.63, 3.8) is 0 Å². The predicted octanol–water partition coefficient (Wildman–Crippen LogP) is 2.91. The molecule has 0 aliphatic heterocycles. The maximum Gasteiger partial charge on any atom is 0.123 e. The van der Waals surface area contributed by atoms with Crippen molar-refractivity contribution in [3.8, 4) is 0 Å². The minimum Gasteiger partial charge on any atom is -0.384 e. The molecule has 0 spiro atoms. The van der Waals surface area contributed by atoms with Crippen LogP contribution in [0.5, 0.6) is 0 Å². The molecule has 1 heterocycles. The van der Waals surface area contributed by atoms with E-state index in [1.54, 1.807) is 11.3 Å². The maximum absolute atomic E-state index is 10.7. The van der Waals surface area contributed by atoms with E-state index in [4.69, 9.17) is 0 Å². The van der Waals surface area contributed by atoms with E-state index in [-0.39, 0.29) is 0 Å². The molecule has 3 unspecified atom stereocenters. The Balaban J connectivity index is 1.99. The van der Waals surface area contributed by atoms with Gasteiger partial charge in [-0.05, 0) is 53.4 Å². The van der Waals surface area contributed by atoms with Gasteiger partial charge in [0, 0.05) is 0 Å². The third-order valence-corrected chi connectivity index (χ3v) is 5.44. The van der Waals surface area contributed by atoms with Gasteiger partial charge in [0.2, 0.25) is 0 Å². The van der Waals surface area contributed by atoms with Gasteiger partial charge in [-0.15, -0.1) is 11.3 Å². The number of hydrogen-bond donors (Lipinski definition) is 1. The lowest BCUT2D eigenvalue weighted by atomic mass is 9.84. The average Bonchev–Trinajstić information content (AvgIpc) is 2.83. The van der Waals surface area contributed by atoms with Crippen molar-refractivity contribution in [3.05, 3.63) is 15.0 Å². The lowest BCUT2D eigenvalue weighted by Gasteiger charge is -2.31. The summed E-state index contributed by atoms with van der Waals surface area (Å²) in [4.78, 5) is 5.21. The Labute approximate surface area is 95.5 Å². The molecule has 2 nitrogen and oxygen atoms in total. The van der Waals surface area contributed by atoms with Crippen molar-refractivity contribution in [2.45, 2.75) is 31.3 Å². The molecule has 0 aromatic carbocycles. The summed E-state index contributed by atoms with van der Waals surface area (Å²) < 4.78 is 0.845. The second kappa shape index (κ2) is 3.03. The maximum atomic E-state index is 10.7. The van der Waals surface area contributed by atoms with Crippen LogP contribution in [0.2, 0.25) is 0 Å². The Morgan fingerprint density at radius 2 is 2.50 bits per heavy atom. The summed E-state index contributed by atoms with van der Waals surface area (Å²) in [7, 11) is 0. The Hall–Kier alpha value is 0.0700. The molecule has 3 rings (SSSR count). The molecule has 1 aromatic heterocycles. The normalized spacial score (nSPS) is 40.7. The SMILES string of the molecule is OC1(c2scnc2Br)CCCC2CC21. The molecule has 2 aliphatic rings. The summed E-state index contributed by atoms with van der Waals surface area (Å²) in [5, 5.41) is 10.7.